The average molecular weight is 372 g/mol. The van der Waals surface area contributed by atoms with Gasteiger partial charge in [-0.15, -0.1) is 0 Å². The zero-order valence-electron chi connectivity index (χ0n) is 16.2. The van der Waals surface area contributed by atoms with Crippen molar-refractivity contribution < 1.29 is 24.5 Å². The van der Waals surface area contributed by atoms with Gasteiger partial charge in [0.05, 0.1) is 6.10 Å². The van der Waals surface area contributed by atoms with Crippen LogP contribution in [0.15, 0.2) is 23.8 Å². The Kier molecular flexibility index (Phi) is 3.29. The molecule has 0 radical (unpaired) electrons. The Labute approximate surface area is 159 Å². The zero-order chi connectivity index (χ0) is 19.4. The minimum absolute atomic E-state index is 0.0291. The molecule has 5 heteroatoms. The van der Waals surface area contributed by atoms with Crippen molar-refractivity contribution in [2.75, 3.05) is 6.61 Å². The molecule has 8 atom stereocenters. The van der Waals surface area contributed by atoms with E-state index < -0.39 is 23.4 Å². The van der Waals surface area contributed by atoms with Gasteiger partial charge in [-0.3, -0.25) is 9.59 Å². The summed E-state index contributed by atoms with van der Waals surface area (Å²) < 4.78 is 6.43. The van der Waals surface area contributed by atoms with Crippen LogP contribution < -0.4 is 0 Å². The molecule has 146 valence electrons. The van der Waals surface area contributed by atoms with E-state index in [4.69, 9.17) is 4.74 Å². The maximum atomic E-state index is 12.6. The summed E-state index contributed by atoms with van der Waals surface area (Å²) in [5.41, 5.74) is -1.55. The first-order chi connectivity index (χ1) is 12.6. The molecule has 0 aromatic heterocycles. The Morgan fingerprint density at radius 2 is 2.07 bits per heavy atom. The van der Waals surface area contributed by atoms with Crippen molar-refractivity contribution in [2.24, 2.45) is 28.6 Å². The molecule has 4 fully saturated rings. The van der Waals surface area contributed by atoms with Crippen LogP contribution in [-0.2, 0) is 14.3 Å². The van der Waals surface area contributed by atoms with Gasteiger partial charge in [-0.25, -0.2) is 0 Å². The number of aliphatic hydroxyl groups is 2. The molecule has 0 bridgehead atoms. The number of hydrogen-bond donors (Lipinski definition) is 2. The Hall–Kier alpha value is -1.30. The van der Waals surface area contributed by atoms with Gasteiger partial charge in [-0.05, 0) is 62.5 Å². The minimum Gasteiger partial charge on any atom is -0.388 e. The van der Waals surface area contributed by atoms with Gasteiger partial charge >= 0.3 is 0 Å². The number of carbonyl (C=O) groups is 2. The van der Waals surface area contributed by atoms with E-state index in [2.05, 4.69) is 6.92 Å². The van der Waals surface area contributed by atoms with E-state index in [9.17, 15) is 19.8 Å². The number of aliphatic hydroxyl groups excluding tert-OH is 1. The summed E-state index contributed by atoms with van der Waals surface area (Å²) in [7, 11) is 0. The molecule has 5 nitrogen and oxygen atoms in total. The smallest absolute Gasteiger partial charge is 0.190 e. The van der Waals surface area contributed by atoms with Gasteiger partial charge in [0.25, 0.3) is 0 Å². The quantitative estimate of drug-likeness (QED) is 0.724. The molecule has 0 aromatic rings. The van der Waals surface area contributed by atoms with Crippen LogP contribution in [0.3, 0.4) is 0 Å². The molecule has 0 amide bonds. The van der Waals surface area contributed by atoms with Crippen LogP contribution >= 0.6 is 0 Å². The molecule has 1 spiro atoms. The van der Waals surface area contributed by atoms with Gasteiger partial charge < -0.3 is 14.9 Å². The molecule has 2 N–H and O–H groups in total. The number of rotatable bonds is 2. The van der Waals surface area contributed by atoms with Crippen LogP contribution in [0.2, 0.25) is 0 Å². The second kappa shape index (κ2) is 5.00. The fraction of sp³-hybridized carbons (Fsp3) is 0.727. The second-order valence-electron chi connectivity index (χ2n) is 9.86. The van der Waals surface area contributed by atoms with Crippen LogP contribution in [-0.4, -0.2) is 45.7 Å². The third kappa shape index (κ3) is 1.73. The SMILES string of the molecule is CC1CC2C3CCC4=CC(=O)C=CC4(C)C34OC4CC2(C)C1(O)C(=O)CO. The zero-order valence-corrected chi connectivity index (χ0v) is 16.2. The number of allylic oxidation sites excluding steroid dienone is 2. The molecule has 1 saturated heterocycles. The molecule has 3 saturated carbocycles. The fourth-order valence-corrected chi connectivity index (χ4v) is 7.70. The molecule has 8 unspecified atom stereocenters. The first kappa shape index (κ1) is 17.8. The van der Waals surface area contributed by atoms with Crippen molar-refractivity contribution in [3.8, 4) is 0 Å². The molecule has 4 aliphatic carbocycles. The van der Waals surface area contributed by atoms with Crippen LogP contribution in [0.1, 0.15) is 46.5 Å². The van der Waals surface area contributed by atoms with E-state index in [1.165, 1.54) is 0 Å². The minimum atomic E-state index is -1.50. The van der Waals surface area contributed by atoms with Crippen molar-refractivity contribution in [1.29, 1.82) is 0 Å². The van der Waals surface area contributed by atoms with Gasteiger partial charge in [0.2, 0.25) is 0 Å². The van der Waals surface area contributed by atoms with Crippen molar-refractivity contribution >= 4 is 11.6 Å². The first-order valence-electron chi connectivity index (χ1n) is 10.1. The van der Waals surface area contributed by atoms with Crippen molar-refractivity contribution in [2.45, 2.75) is 63.8 Å². The fourth-order valence-electron chi connectivity index (χ4n) is 7.70. The van der Waals surface area contributed by atoms with E-state index >= 15 is 0 Å². The summed E-state index contributed by atoms with van der Waals surface area (Å²) in [6.07, 6.45) is 8.58. The highest BCUT2D eigenvalue weighted by Crippen LogP contribution is 2.76. The average Bonchev–Trinajstić information content (AvgIpc) is 3.31. The Balaban J connectivity index is 1.60. The summed E-state index contributed by atoms with van der Waals surface area (Å²) in [5, 5.41) is 21.0. The number of Topliss-reactive ketones (excluding diaryl/α,β-unsaturated/α-hetero) is 1. The molecule has 0 aromatic carbocycles. The lowest BCUT2D eigenvalue weighted by molar-refractivity contribution is -0.165. The number of ketones is 2. The third-order valence-corrected chi connectivity index (χ3v) is 9.08. The van der Waals surface area contributed by atoms with Gasteiger partial charge in [-0.2, -0.15) is 0 Å². The summed E-state index contributed by atoms with van der Waals surface area (Å²) >= 11 is 0. The van der Waals surface area contributed by atoms with E-state index in [1.54, 1.807) is 12.2 Å². The highest BCUT2D eigenvalue weighted by atomic mass is 16.6. The lowest BCUT2D eigenvalue weighted by Crippen LogP contribution is -2.62. The van der Waals surface area contributed by atoms with Crippen LogP contribution in [0, 0.1) is 28.6 Å². The molecule has 1 heterocycles. The Morgan fingerprint density at radius 1 is 1.33 bits per heavy atom. The number of hydrogen-bond acceptors (Lipinski definition) is 5. The summed E-state index contributed by atoms with van der Waals surface area (Å²) in [6.45, 7) is 5.51. The second-order valence-corrected chi connectivity index (χ2v) is 9.86. The van der Waals surface area contributed by atoms with Crippen LogP contribution in [0.4, 0.5) is 0 Å². The molecule has 5 rings (SSSR count). The van der Waals surface area contributed by atoms with Crippen molar-refractivity contribution in [3.63, 3.8) is 0 Å². The highest BCUT2D eigenvalue weighted by molar-refractivity contribution is 6.01. The van der Waals surface area contributed by atoms with Crippen molar-refractivity contribution in [1.82, 2.24) is 0 Å². The Morgan fingerprint density at radius 3 is 2.78 bits per heavy atom. The standard InChI is InChI=1S/C22H28O5/c1-12-8-16-15-5-4-13-9-14(24)6-7-19(13,2)22(15)18(27-22)10-20(16,3)21(12,26)17(25)11-23/h6-7,9,12,15-16,18,23,26H,4-5,8,10-11H2,1-3H3. The summed E-state index contributed by atoms with van der Waals surface area (Å²) in [6, 6.07) is 0. The van der Waals surface area contributed by atoms with Gasteiger partial charge in [0.15, 0.2) is 11.6 Å². The number of epoxide rings is 1. The largest absolute Gasteiger partial charge is 0.388 e. The summed E-state index contributed by atoms with van der Waals surface area (Å²) in [4.78, 5) is 24.5. The molecule has 5 aliphatic rings. The number of fused-ring (bicyclic) bond motifs is 3. The van der Waals surface area contributed by atoms with Gasteiger partial charge in [-0.1, -0.05) is 25.5 Å². The van der Waals surface area contributed by atoms with Gasteiger partial charge in [0, 0.05) is 10.8 Å². The van der Waals surface area contributed by atoms with E-state index in [1.807, 2.05) is 19.9 Å². The maximum absolute atomic E-state index is 12.6. The predicted octanol–water partition coefficient (Wildman–Crippen LogP) is 1.96. The lowest BCUT2D eigenvalue weighted by atomic mass is 9.46. The molecule has 27 heavy (non-hydrogen) atoms. The van der Waals surface area contributed by atoms with E-state index in [-0.39, 0.29) is 40.7 Å². The number of ether oxygens (including phenoxy) is 1. The summed E-state index contributed by atoms with van der Waals surface area (Å²) in [5.74, 6) is -0.193. The maximum Gasteiger partial charge on any atom is 0.190 e. The van der Waals surface area contributed by atoms with Crippen LogP contribution in [0.25, 0.3) is 0 Å². The Bertz CT molecular complexity index is 814. The lowest BCUT2D eigenvalue weighted by Gasteiger charge is -2.55. The topological polar surface area (TPSA) is 87.1 Å². The third-order valence-electron chi connectivity index (χ3n) is 9.08. The first-order valence-corrected chi connectivity index (χ1v) is 10.1. The van der Waals surface area contributed by atoms with Gasteiger partial charge in [0.1, 0.15) is 17.8 Å². The molecule has 1 aliphatic heterocycles. The van der Waals surface area contributed by atoms with E-state index in [0.717, 1.165) is 24.8 Å². The monoisotopic (exact) mass is 372 g/mol. The van der Waals surface area contributed by atoms with E-state index in [0.29, 0.717) is 6.42 Å². The number of carbonyl (C=O) groups excluding carboxylic acids is 2. The molecular formula is C22H28O5. The van der Waals surface area contributed by atoms with Crippen molar-refractivity contribution in [3.05, 3.63) is 23.8 Å². The van der Waals surface area contributed by atoms with Crippen LogP contribution in [0.5, 0.6) is 0 Å². The molecular weight excluding hydrogens is 344 g/mol. The normalized spacial score (nSPS) is 55.1. The highest BCUT2D eigenvalue weighted by Gasteiger charge is 2.81. The predicted molar refractivity (Wildman–Crippen MR) is 97.7 cm³/mol.